The fraction of sp³-hybridized carbons (Fsp3) is 0.750. The molecule has 0 aliphatic carbocycles. The maximum atomic E-state index is 11.0. The van der Waals surface area contributed by atoms with Crippen molar-refractivity contribution in [2.45, 2.75) is 19.4 Å². The number of hydrogen-bond donors (Lipinski definition) is 3. The third-order valence-corrected chi connectivity index (χ3v) is 2.43. The van der Waals surface area contributed by atoms with Gasteiger partial charge < -0.3 is 15.7 Å². The Morgan fingerprint density at radius 1 is 1.47 bits per heavy atom. The Labute approximate surface area is 90.9 Å². The van der Waals surface area contributed by atoms with Crippen molar-refractivity contribution in [3.63, 3.8) is 0 Å². The highest BCUT2D eigenvalue weighted by Gasteiger charge is 2.08. The van der Waals surface area contributed by atoms with E-state index in [-0.39, 0.29) is 6.04 Å². The van der Waals surface area contributed by atoms with Gasteiger partial charge in [0.15, 0.2) is 0 Å². The lowest BCUT2D eigenvalue weighted by Gasteiger charge is -2.12. The molecule has 0 saturated carbocycles. The van der Waals surface area contributed by atoms with Gasteiger partial charge in [0.2, 0.25) is 0 Å². The molecule has 3 N–H and O–H groups in total. The van der Waals surface area contributed by atoms with Crippen LogP contribution in [0.3, 0.4) is 0 Å². The molecule has 0 bridgehead atoms. The van der Waals surface area contributed by atoms with Crippen LogP contribution in [0, 0.1) is 0 Å². The van der Waals surface area contributed by atoms with E-state index < -0.39 is 29.3 Å². The van der Waals surface area contributed by atoms with Gasteiger partial charge in [-0.1, -0.05) is 0 Å². The smallest absolute Gasteiger partial charge is 0.323 e. The van der Waals surface area contributed by atoms with Crippen LogP contribution in [0.25, 0.3) is 0 Å². The average molecular weight is 236 g/mol. The van der Waals surface area contributed by atoms with Crippen molar-refractivity contribution in [2.75, 3.05) is 18.6 Å². The first-order valence-electron chi connectivity index (χ1n) is 4.48. The second-order valence-electron chi connectivity index (χ2n) is 3.19. The van der Waals surface area contributed by atoms with E-state index in [1.807, 2.05) is 0 Å². The van der Waals surface area contributed by atoms with Crippen LogP contribution in [0.5, 0.6) is 0 Å². The van der Waals surface area contributed by atoms with E-state index in [1.54, 1.807) is 13.2 Å². The number of carbonyl (C=O) groups excluding carboxylic acids is 1. The van der Waals surface area contributed by atoms with Crippen LogP contribution in [0.1, 0.15) is 13.3 Å². The first-order valence-corrected chi connectivity index (χ1v) is 6.20. The topological polar surface area (TPSA) is 95.5 Å². The molecule has 88 valence electrons. The number of carboxylic acid groups (broad SMARTS) is 1. The summed E-state index contributed by atoms with van der Waals surface area (Å²) >= 11 is 0. The van der Waals surface area contributed by atoms with Gasteiger partial charge in [-0.25, -0.2) is 4.79 Å². The van der Waals surface area contributed by atoms with E-state index in [4.69, 9.17) is 5.11 Å². The largest absolute Gasteiger partial charge is 0.480 e. The van der Waals surface area contributed by atoms with Crippen molar-refractivity contribution in [3.8, 4) is 0 Å². The Morgan fingerprint density at radius 2 is 2.07 bits per heavy atom. The van der Waals surface area contributed by atoms with Crippen LogP contribution in [0.4, 0.5) is 4.79 Å². The zero-order chi connectivity index (χ0) is 11.8. The highest BCUT2D eigenvalue weighted by Crippen LogP contribution is 1.92. The van der Waals surface area contributed by atoms with Crippen LogP contribution in [0.2, 0.25) is 0 Å². The van der Waals surface area contributed by atoms with Crippen molar-refractivity contribution in [1.82, 2.24) is 10.6 Å². The van der Waals surface area contributed by atoms with Crippen molar-refractivity contribution in [3.05, 3.63) is 0 Å². The molecule has 0 radical (unpaired) electrons. The molecule has 0 aliphatic rings. The highest BCUT2D eigenvalue weighted by atomic mass is 32.2. The zero-order valence-electron chi connectivity index (χ0n) is 8.78. The number of aliphatic carboxylic acids is 1. The average Bonchev–Trinajstić information content (AvgIpc) is 2.11. The summed E-state index contributed by atoms with van der Waals surface area (Å²) in [5, 5.41) is 13.0. The minimum atomic E-state index is -1.09. The number of nitrogens with one attached hydrogen (secondary N) is 2. The van der Waals surface area contributed by atoms with Gasteiger partial charge >= 0.3 is 12.0 Å². The van der Waals surface area contributed by atoms with Crippen molar-refractivity contribution >= 4 is 22.8 Å². The molecule has 0 heterocycles. The molecule has 0 aromatic rings. The summed E-state index contributed by atoms with van der Waals surface area (Å²) in [7, 11) is -0.878. The molecular formula is C8H16N2O4S. The summed E-state index contributed by atoms with van der Waals surface area (Å²) in [6, 6.07) is -0.644. The quantitative estimate of drug-likeness (QED) is 0.581. The van der Waals surface area contributed by atoms with Gasteiger partial charge in [-0.2, -0.15) is 0 Å². The number of carboxylic acids is 1. The number of amides is 2. The lowest BCUT2D eigenvalue weighted by molar-refractivity contribution is -0.135. The summed E-state index contributed by atoms with van der Waals surface area (Å²) in [4.78, 5) is 21.2. The molecular weight excluding hydrogens is 220 g/mol. The molecule has 2 amide bonds. The van der Waals surface area contributed by atoms with Gasteiger partial charge in [0.25, 0.3) is 0 Å². The summed E-state index contributed by atoms with van der Waals surface area (Å²) in [5.41, 5.74) is 0. The van der Waals surface area contributed by atoms with Gasteiger partial charge in [-0.05, 0) is 13.3 Å². The molecule has 6 nitrogen and oxygen atoms in total. The molecule has 7 heteroatoms. The first-order chi connectivity index (χ1) is 6.91. The normalized spacial score (nSPS) is 14.0. The maximum Gasteiger partial charge on any atom is 0.323 e. The van der Waals surface area contributed by atoms with Crippen molar-refractivity contribution in [2.24, 2.45) is 0 Å². The van der Waals surface area contributed by atoms with Crippen LogP contribution >= 0.6 is 0 Å². The summed E-state index contributed by atoms with van der Waals surface area (Å²) < 4.78 is 10.8. The molecule has 0 spiro atoms. The molecule has 15 heavy (non-hydrogen) atoms. The van der Waals surface area contributed by atoms with Crippen LogP contribution < -0.4 is 10.6 Å². The standard InChI is InChI=1S/C8H16N2O4S/c1-6(3-4-15(2)14)10-8(13)9-5-7(11)12/h6H,3-5H2,1-2H3,(H,11,12)(H2,9,10,13). The van der Waals surface area contributed by atoms with E-state index in [1.165, 1.54) is 0 Å². The van der Waals surface area contributed by atoms with Gasteiger partial charge in [0.1, 0.15) is 6.54 Å². The highest BCUT2D eigenvalue weighted by molar-refractivity contribution is 7.84. The molecule has 0 saturated heterocycles. The predicted octanol–water partition coefficient (Wildman–Crippen LogP) is -0.473. The van der Waals surface area contributed by atoms with Crippen LogP contribution in [0.15, 0.2) is 0 Å². The van der Waals surface area contributed by atoms with E-state index in [9.17, 15) is 13.8 Å². The second-order valence-corrected chi connectivity index (χ2v) is 4.74. The van der Waals surface area contributed by atoms with Crippen molar-refractivity contribution in [1.29, 1.82) is 0 Å². The molecule has 2 atom stereocenters. The summed E-state index contributed by atoms with van der Waals surface area (Å²) in [6.07, 6.45) is 2.20. The van der Waals surface area contributed by atoms with E-state index in [0.717, 1.165) is 0 Å². The Morgan fingerprint density at radius 3 is 2.53 bits per heavy atom. The van der Waals surface area contributed by atoms with Gasteiger partial charge in [0.05, 0.1) is 0 Å². The molecule has 0 aromatic heterocycles. The number of carbonyl (C=O) groups is 2. The second kappa shape index (κ2) is 7.22. The minimum Gasteiger partial charge on any atom is -0.480 e. The fourth-order valence-corrected chi connectivity index (χ4v) is 1.53. The monoisotopic (exact) mass is 236 g/mol. The zero-order valence-corrected chi connectivity index (χ0v) is 9.60. The van der Waals surface area contributed by atoms with Gasteiger partial charge in [0, 0.05) is 28.9 Å². The van der Waals surface area contributed by atoms with Gasteiger partial charge in [-0.3, -0.25) is 9.00 Å². The lowest BCUT2D eigenvalue weighted by atomic mass is 10.3. The third-order valence-electron chi connectivity index (χ3n) is 1.62. The lowest BCUT2D eigenvalue weighted by Crippen LogP contribution is -2.43. The van der Waals surface area contributed by atoms with E-state index in [2.05, 4.69) is 10.6 Å². The van der Waals surface area contributed by atoms with E-state index in [0.29, 0.717) is 12.2 Å². The SMILES string of the molecule is CC(CCS(C)=O)NC(=O)NCC(=O)O. The Bertz CT molecular complexity index is 257. The van der Waals surface area contributed by atoms with Crippen molar-refractivity contribution < 1.29 is 18.9 Å². The molecule has 2 unspecified atom stereocenters. The third kappa shape index (κ3) is 9.20. The molecule has 0 aromatic carbocycles. The molecule has 0 aliphatic heterocycles. The Balaban J connectivity index is 3.66. The number of rotatable bonds is 6. The van der Waals surface area contributed by atoms with Crippen LogP contribution in [-0.4, -0.2) is 45.9 Å². The molecule has 0 rings (SSSR count). The fourth-order valence-electron chi connectivity index (χ4n) is 0.846. The number of hydrogen-bond acceptors (Lipinski definition) is 3. The maximum absolute atomic E-state index is 11.0. The van der Waals surface area contributed by atoms with E-state index >= 15 is 0 Å². The van der Waals surface area contributed by atoms with Gasteiger partial charge in [-0.15, -0.1) is 0 Å². The minimum absolute atomic E-state index is 0.123. The first kappa shape index (κ1) is 13.9. The predicted molar refractivity (Wildman–Crippen MR) is 57.2 cm³/mol. The summed E-state index contributed by atoms with van der Waals surface area (Å²) in [6.45, 7) is 1.37. The van der Waals surface area contributed by atoms with Crippen LogP contribution in [-0.2, 0) is 15.6 Å². The Kier molecular flexibility index (Phi) is 6.68. The summed E-state index contributed by atoms with van der Waals surface area (Å²) in [5.74, 6) is -0.576. The molecule has 0 fully saturated rings. The Hall–Kier alpha value is -1.11. The number of urea groups is 1.